The SMILES string of the molecule is O=[P+](O)OCCCNCc1ccc(NCCCCCc2ccccc2)c(C(F)(F)F)c1. The Morgan fingerprint density at radius 2 is 1.71 bits per heavy atom. The van der Waals surface area contributed by atoms with Gasteiger partial charge in [0.1, 0.15) is 6.61 Å². The molecular formula is C22H29F3N2O3P+. The van der Waals surface area contributed by atoms with Crippen LogP contribution in [0, 0.1) is 0 Å². The van der Waals surface area contributed by atoms with Crippen molar-refractivity contribution in [1.29, 1.82) is 0 Å². The van der Waals surface area contributed by atoms with Gasteiger partial charge in [-0.3, -0.25) is 0 Å². The van der Waals surface area contributed by atoms with Gasteiger partial charge in [0.25, 0.3) is 0 Å². The molecule has 0 saturated carbocycles. The van der Waals surface area contributed by atoms with E-state index in [1.807, 2.05) is 18.2 Å². The summed E-state index contributed by atoms with van der Waals surface area (Å²) >= 11 is 0. The highest BCUT2D eigenvalue weighted by Gasteiger charge is 2.33. The lowest BCUT2D eigenvalue weighted by atomic mass is 10.1. The molecule has 0 aliphatic heterocycles. The van der Waals surface area contributed by atoms with Gasteiger partial charge in [-0.05, 0) is 55.5 Å². The molecule has 0 heterocycles. The lowest BCUT2D eigenvalue weighted by Crippen LogP contribution is -2.17. The van der Waals surface area contributed by atoms with Crippen molar-refractivity contribution in [1.82, 2.24) is 5.32 Å². The van der Waals surface area contributed by atoms with Crippen LogP contribution in [0.25, 0.3) is 0 Å². The van der Waals surface area contributed by atoms with Crippen molar-refractivity contribution < 1.29 is 27.2 Å². The van der Waals surface area contributed by atoms with Gasteiger partial charge in [-0.1, -0.05) is 42.8 Å². The minimum atomic E-state index is -4.44. The third-order valence-corrected chi connectivity index (χ3v) is 5.12. The number of hydrogen-bond acceptors (Lipinski definition) is 4. The molecule has 0 fully saturated rings. The smallest absolute Gasteiger partial charge is 0.385 e. The maximum atomic E-state index is 13.5. The number of unbranched alkanes of at least 4 members (excludes halogenated alkanes) is 2. The van der Waals surface area contributed by atoms with Gasteiger partial charge in [-0.2, -0.15) is 13.2 Å². The zero-order chi connectivity index (χ0) is 22.5. The van der Waals surface area contributed by atoms with Crippen molar-refractivity contribution in [2.75, 3.05) is 25.0 Å². The molecule has 2 aromatic carbocycles. The molecule has 170 valence electrons. The highest BCUT2D eigenvalue weighted by Crippen LogP contribution is 2.35. The number of benzene rings is 2. The summed E-state index contributed by atoms with van der Waals surface area (Å²) in [7, 11) is -2.62. The van der Waals surface area contributed by atoms with Crippen molar-refractivity contribution in [3.05, 3.63) is 65.2 Å². The molecule has 0 spiro atoms. The third kappa shape index (κ3) is 10.2. The summed E-state index contributed by atoms with van der Waals surface area (Å²) in [5, 5.41) is 5.94. The number of aryl methyl sites for hydroxylation is 1. The van der Waals surface area contributed by atoms with E-state index in [4.69, 9.17) is 4.89 Å². The summed E-state index contributed by atoms with van der Waals surface area (Å²) in [5.41, 5.74) is 1.22. The average molecular weight is 457 g/mol. The first-order chi connectivity index (χ1) is 14.9. The largest absolute Gasteiger partial charge is 0.694 e. The van der Waals surface area contributed by atoms with E-state index in [1.165, 1.54) is 11.6 Å². The van der Waals surface area contributed by atoms with Crippen LogP contribution in [0.1, 0.15) is 42.4 Å². The normalized spacial score (nSPS) is 12.1. The monoisotopic (exact) mass is 457 g/mol. The molecule has 1 unspecified atom stereocenters. The Hall–Kier alpha value is -1.99. The van der Waals surface area contributed by atoms with E-state index in [1.54, 1.807) is 6.07 Å². The Labute approximate surface area is 182 Å². The maximum absolute atomic E-state index is 13.5. The molecule has 1 atom stereocenters. The van der Waals surface area contributed by atoms with Gasteiger partial charge in [0.05, 0.1) is 5.56 Å². The highest BCUT2D eigenvalue weighted by atomic mass is 31.1. The molecule has 5 nitrogen and oxygen atoms in total. The first-order valence-electron chi connectivity index (χ1n) is 10.3. The van der Waals surface area contributed by atoms with Crippen molar-refractivity contribution in [2.45, 2.75) is 44.8 Å². The zero-order valence-corrected chi connectivity index (χ0v) is 18.2. The summed E-state index contributed by atoms with van der Waals surface area (Å²) in [6.45, 7) is 1.34. The highest BCUT2D eigenvalue weighted by molar-refractivity contribution is 7.32. The number of hydrogen-bond donors (Lipinski definition) is 3. The third-order valence-electron chi connectivity index (χ3n) is 4.72. The second kappa shape index (κ2) is 13.4. The fourth-order valence-corrected chi connectivity index (χ4v) is 3.45. The Morgan fingerprint density at radius 1 is 0.935 bits per heavy atom. The van der Waals surface area contributed by atoms with Gasteiger partial charge in [-0.25, -0.2) is 0 Å². The van der Waals surface area contributed by atoms with E-state index in [-0.39, 0.29) is 18.8 Å². The van der Waals surface area contributed by atoms with Crippen LogP contribution < -0.4 is 10.6 Å². The topological polar surface area (TPSA) is 70.6 Å². The van der Waals surface area contributed by atoms with Crippen LogP contribution in [0.15, 0.2) is 48.5 Å². The molecule has 2 aromatic rings. The summed E-state index contributed by atoms with van der Waals surface area (Å²) in [4.78, 5) is 8.53. The predicted octanol–water partition coefficient (Wildman–Crippen LogP) is 5.68. The summed E-state index contributed by atoms with van der Waals surface area (Å²) < 4.78 is 55.4. The van der Waals surface area contributed by atoms with E-state index in [0.29, 0.717) is 25.1 Å². The number of alkyl halides is 3. The molecule has 3 N–H and O–H groups in total. The predicted molar refractivity (Wildman–Crippen MR) is 116 cm³/mol. The van der Waals surface area contributed by atoms with Gasteiger partial charge >= 0.3 is 14.4 Å². The molecule has 0 aromatic heterocycles. The van der Waals surface area contributed by atoms with Crippen molar-refractivity contribution >= 4 is 13.9 Å². The van der Waals surface area contributed by atoms with Gasteiger partial charge in [-0.15, -0.1) is 9.42 Å². The van der Waals surface area contributed by atoms with Crippen LogP contribution in [0.2, 0.25) is 0 Å². The summed E-state index contributed by atoms with van der Waals surface area (Å²) in [6.07, 6.45) is -0.235. The van der Waals surface area contributed by atoms with Crippen LogP contribution in [-0.4, -0.2) is 24.6 Å². The number of nitrogens with one attached hydrogen (secondary N) is 2. The molecule has 0 amide bonds. The molecule has 0 bridgehead atoms. The van der Waals surface area contributed by atoms with Crippen LogP contribution in [0.3, 0.4) is 0 Å². The Balaban J connectivity index is 1.76. The van der Waals surface area contributed by atoms with E-state index < -0.39 is 20.0 Å². The van der Waals surface area contributed by atoms with Crippen LogP contribution in [0.4, 0.5) is 18.9 Å². The second-order valence-electron chi connectivity index (χ2n) is 7.20. The molecular weight excluding hydrogens is 428 g/mol. The number of halogens is 3. The second-order valence-corrected chi connectivity index (χ2v) is 7.94. The summed E-state index contributed by atoms with van der Waals surface area (Å²) in [6, 6.07) is 14.4. The van der Waals surface area contributed by atoms with Crippen LogP contribution >= 0.6 is 8.25 Å². The van der Waals surface area contributed by atoms with Crippen molar-refractivity contribution in [3.8, 4) is 0 Å². The van der Waals surface area contributed by atoms with Crippen molar-refractivity contribution in [2.24, 2.45) is 0 Å². The summed E-state index contributed by atoms with van der Waals surface area (Å²) in [5.74, 6) is 0. The van der Waals surface area contributed by atoms with E-state index in [2.05, 4.69) is 27.3 Å². The molecule has 2 rings (SSSR count). The molecule has 0 aliphatic rings. The average Bonchev–Trinajstić information content (AvgIpc) is 2.73. The maximum Gasteiger partial charge on any atom is 0.694 e. The Kier molecular flexibility index (Phi) is 10.9. The number of anilines is 1. The van der Waals surface area contributed by atoms with Crippen molar-refractivity contribution in [3.63, 3.8) is 0 Å². The standard InChI is InChI=1S/C22H28F3N2O3P/c23-22(24,25)20-16-19(17-26-13-7-15-30-31(28)29)11-12-21(20)27-14-6-2-5-10-18-8-3-1-4-9-18/h1,3-4,8-9,11-12,16,26-27H,2,5-7,10,13-15,17H2/p+1. The Bertz CT molecular complexity index is 804. The number of rotatable bonds is 14. The zero-order valence-electron chi connectivity index (χ0n) is 17.3. The lowest BCUT2D eigenvalue weighted by molar-refractivity contribution is -0.137. The molecule has 0 saturated heterocycles. The van der Waals surface area contributed by atoms with E-state index in [9.17, 15) is 17.7 Å². The van der Waals surface area contributed by atoms with Gasteiger partial charge < -0.3 is 10.6 Å². The minimum absolute atomic E-state index is 0.0967. The first-order valence-corrected chi connectivity index (χ1v) is 11.5. The van der Waals surface area contributed by atoms with Gasteiger partial charge in [0.15, 0.2) is 0 Å². The lowest BCUT2D eigenvalue weighted by Gasteiger charge is -2.16. The fourth-order valence-electron chi connectivity index (χ4n) is 3.16. The van der Waals surface area contributed by atoms with Gasteiger partial charge in [0, 0.05) is 23.3 Å². The molecule has 0 aliphatic carbocycles. The van der Waals surface area contributed by atoms with E-state index >= 15 is 0 Å². The quantitative estimate of drug-likeness (QED) is 0.252. The minimum Gasteiger partial charge on any atom is -0.385 e. The fraction of sp³-hybridized carbons (Fsp3) is 0.455. The molecule has 0 radical (unpaired) electrons. The molecule has 31 heavy (non-hydrogen) atoms. The van der Waals surface area contributed by atoms with Crippen LogP contribution in [-0.2, 0) is 28.2 Å². The van der Waals surface area contributed by atoms with E-state index in [0.717, 1.165) is 31.7 Å². The first kappa shape index (κ1) is 25.3. The Morgan fingerprint density at radius 3 is 2.42 bits per heavy atom. The van der Waals surface area contributed by atoms with Crippen LogP contribution in [0.5, 0.6) is 0 Å². The molecule has 9 heteroatoms. The van der Waals surface area contributed by atoms with Gasteiger partial charge in [0.2, 0.25) is 0 Å².